The van der Waals surface area contributed by atoms with Crippen LogP contribution in [0.2, 0.25) is 0 Å². The normalized spacial score (nSPS) is 15.0. The molecule has 0 aromatic heterocycles. The lowest BCUT2D eigenvalue weighted by molar-refractivity contribution is 0.738. The van der Waals surface area contributed by atoms with Crippen molar-refractivity contribution >= 4 is 5.57 Å². The molecule has 1 aromatic carbocycles. The smallest absolute Gasteiger partial charge is 0.0140 e. The Kier molecular flexibility index (Phi) is 5.13. The molecule has 1 heterocycles. The fourth-order valence-electron chi connectivity index (χ4n) is 1.73. The first-order chi connectivity index (χ1) is 7.36. The summed E-state index contributed by atoms with van der Waals surface area (Å²) < 4.78 is 0. The molecule has 15 heavy (non-hydrogen) atoms. The maximum atomic E-state index is 3.32. The Morgan fingerprint density at radius 2 is 2.00 bits per heavy atom. The molecule has 1 nitrogen and oxygen atoms in total. The molecule has 0 spiro atoms. The van der Waals surface area contributed by atoms with Crippen LogP contribution < -0.4 is 5.32 Å². The summed E-state index contributed by atoms with van der Waals surface area (Å²) in [6.45, 7) is 8.27. The highest BCUT2D eigenvalue weighted by Crippen LogP contribution is 2.19. The fraction of sp³-hybridized carbons (Fsp3) is 0.429. The van der Waals surface area contributed by atoms with Crippen LogP contribution in [0.3, 0.4) is 0 Å². The van der Waals surface area contributed by atoms with Gasteiger partial charge in [-0.3, -0.25) is 0 Å². The topological polar surface area (TPSA) is 12.0 Å². The molecule has 1 heteroatoms. The SMILES string of the molecule is CC.Cc1cccc(C2=CCNCC2)c1. The van der Waals surface area contributed by atoms with E-state index in [2.05, 4.69) is 42.6 Å². The highest BCUT2D eigenvalue weighted by Gasteiger charge is 2.04. The average molecular weight is 203 g/mol. The van der Waals surface area contributed by atoms with Crippen LogP contribution in [0.25, 0.3) is 5.57 Å². The third kappa shape index (κ3) is 3.52. The van der Waals surface area contributed by atoms with Crippen LogP contribution in [0, 0.1) is 6.92 Å². The van der Waals surface area contributed by atoms with E-state index in [-0.39, 0.29) is 0 Å². The van der Waals surface area contributed by atoms with E-state index in [4.69, 9.17) is 0 Å². The van der Waals surface area contributed by atoms with Gasteiger partial charge in [0, 0.05) is 6.54 Å². The minimum atomic E-state index is 1.02. The van der Waals surface area contributed by atoms with Gasteiger partial charge in [-0.15, -0.1) is 0 Å². The number of hydrogen-bond donors (Lipinski definition) is 1. The molecule has 0 saturated carbocycles. The third-order valence-corrected chi connectivity index (χ3v) is 2.45. The van der Waals surface area contributed by atoms with E-state index < -0.39 is 0 Å². The van der Waals surface area contributed by atoms with Crippen molar-refractivity contribution < 1.29 is 0 Å². The number of hydrogen-bond acceptors (Lipinski definition) is 1. The van der Waals surface area contributed by atoms with Crippen LogP contribution >= 0.6 is 0 Å². The van der Waals surface area contributed by atoms with Gasteiger partial charge in [0.25, 0.3) is 0 Å². The average Bonchev–Trinajstić information content (AvgIpc) is 2.33. The summed E-state index contributed by atoms with van der Waals surface area (Å²) in [4.78, 5) is 0. The quantitative estimate of drug-likeness (QED) is 0.737. The van der Waals surface area contributed by atoms with Crippen molar-refractivity contribution in [3.63, 3.8) is 0 Å². The Labute approximate surface area is 93.2 Å². The van der Waals surface area contributed by atoms with Crippen LogP contribution in [-0.4, -0.2) is 13.1 Å². The van der Waals surface area contributed by atoms with Gasteiger partial charge < -0.3 is 5.32 Å². The zero-order valence-corrected chi connectivity index (χ0v) is 10.0. The van der Waals surface area contributed by atoms with Crippen molar-refractivity contribution in [3.05, 3.63) is 41.5 Å². The van der Waals surface area contributed by atoms with Crippen LogP contribution in [0.4, 0.5) is 0 Å². The zero-order valence-electron chi connectivity index (χ0n) is 10.0. The van der Waals surface area contributed by atoms with Gasteiger partial charge in [0.2, 0.25) is 0 Å². The number of aryl methyl sites for hydroxylation is 1. The molecule has 0 radical (unpaired) electrons. The van der Waals surface area contributed by atoms with Crippen LogP contribution in [0.5, 0.6) is 0 Å². The molecule has 0 unspecified atom stereocenters. The summed E-state index contributed by atoms with van der Waals surface area (Å²) in [7, 11) is 0. The number of nitrogens with one attached hydrogen (secondary N) is 1. The first-order valence-electron chi connectivity index (χ1n) is 5.83. The van der Waals surface area contributed by atoms with Gasteiger partial charge in [-0.05, 0) is 31.0 Å². The second kappa shape index (κ2) is 6.41. The molecule has 1 N–H and O–H groups in total. The van der Waals surface area contributed by atoms with E-state index in [1.807, 2.05) is 13.8 Å². The second-order valence-corrected chi connectivity index (χ2v) is 3.55. The summed E-state index contributed by atoms with van der Waals surface area (Å²) in [5.41, 5.74) is 4.22. The van der Waals surface area contributed by atoms with Crippen molar-refractivity contribution in [2.75, 3.05) is 13.1 Å². The zero-order chi connectivity index (χ0) is 11.1. The monoisotopic (exact) mass is 203 g/mol. The molecule has 1 aliphatic heterocycles. The Bertz CT molecular complexity index is 326. The minimum absolute atomic E-state index is 1.02. The van der Waals surface area contributed by atoms with E-state index in [0.29, 0.717) is 0 Å². The van der Waals surface area contributed by atoms with Crippen molar-refractivity contribution in [1.29, 1.82) is 0 Å². The summed E-state index contributed by atoms with van der Waals surface area (Å²) in [6.07, 6.45) is 3.45. The van der Waals surface area contributed by atoms with Crippen molar-refractivity contribution in [2.24, 2.45) is 0 Å². The molecule has 0 atom stereocenters. The number of rotatable bonds is 1. The highest BCUT2D eigenvalue weighted by atomic mass is 14.8. The summed E-state index contributed by atoms with van der Waals surface area (Å²) in [6, 6.07) is 8.74. The second-order valence-electron chi connectivity index (χ2n) is 3.55. The molecule has 0 bridgehead atoms. The van der Waals surface area contributed by atoms with E-state index in [1.165, 1.54) is 16.7 Å². The van der Waals surface area contributed by atoms with Gasteiger partial charge in [0.05, 0.1) is 0 Å². The molecule has 2 rings (SSSR count). The standard InChI is InChI=1S/C12H15N.C2H6/c1-10-3-2-4-12(9-10)11-5-7-13-8-6-11;1-2/h2-5,9,13H,6-8H2,1H3;1-2H3. The van der Waals surface area contributed by atoms with Gasteiger partial charge in [-0.1, -0.05) is 49.8 Å². The Hall–Kier alpha value is -1.08. The Morgan fingerprint density at radius 1 is 1.20 bits per heavy atom. The molecular weight excluding hydrogens is 182 g/mol. The lowest BCUT2D eigenvalue weighted by atomic mass is 9.99. The predicted octanol–water partition coefficient (Wildman–Crippen LogP) is 3.40. The molecular formula is C14H21N. The van der Waals surface area contributed by atoms with Crippen molar-refractivity contribution in [1.82, 2.24) is 5.32 Å². The molecule has 0 amide bonds. The molecule has 82 valence electrons. The molecule has 0 aliphatic carbocycles. The molecule has 0 fully saturated rings. The maximum absolute atomic E-state index is 3.32. The van der Waals surface area contributed by atoms with Crippen LogP contribution in [-0.2, 0) is 0 Å². The molecule has 1 aromatic rings. The van der Waals surface area contributed by atoms with E-state index >= 15 is 0 Å². The summed E-state index contributed by atoms with van der Waals surface area (Å²) in [5, 5.41) is 3.32. The lowest BCUT2D eigenvalue weighted by Gasteiger charge is -2.14. The van der Waals surface area contributed by atoms with Crippen LogP contribution in [0.1, 0.15) is 31.4 Å². The van der Waals surface area contributed by atoms with Gasteiger partial charge >= 0.3 is 0 Å². The summed E-state index contributed by atoms with van der Waals surface area (Å²) in [5.74, 6) is 0. The minimum Gasteiger partial charge on any atom is -0.313 e. The summed E-state index contributed by atoms with van der Waals surface area (Å²) >= 11 is 0. The molecule has 1 aliphatic rings. The van der Waals surface area contributed by atoms with Crippen LogP contribution in [0.15, 0.2) is 30.3 Å². The number of benzene rings is 1. The lowest BCUT2D eigenvalue weighted by Crippen LogP contribution is -2.19. The largest absolute Gasteiger partial charge is 0.313 e. The first-order valence-corrected chi connectivity index (χ1v) is 5.83. The van der Waals surface area contributed by atoms with E-state index in [1.54, 1.807) is 0 Å². The third-order valence-electron chi connectivity index (χ3n) is 2.45. The van der Waals surface area contributed by atoms with Gasteiger partial charge in [0.1, 0.15) is 0 Å². The Morgan fingerprint density at radius 3 is 2.60 bits per heavy atom. The predicted molar refractivity (Wildman–Crippen MR) is 68.0 cm³/mol. The van der Waals surface area contributed by atoms with Crippen molar-refractivity contribution in [2.45, 2.75) is 27.2 Å². The fourth-order valence-corrected chi connectivity index (χ4v) is 1.73. The maximum Gasteiger partial charge on any atom is 0.0140 e. The highest BCUT2D eigenvalue weighted by molar-refractivity contribution is 5.66. The van der Waals surface area contributed by atoms with E-state index in [0.717, 1.165) is 19.5 Å². The van der Waals surface area contributed by atoms with Gasteiger partial charge in [0.15, 0.2) is 0 Å². The van der Waals surface area contributed by atoms with E-state index in [9.17, 15) is 0 Å². The van der Waals surface area contributed by atoms with Gasteiger partial charge in [-0.2, -0.15) is 0 Å². The van der Waals surface area contributed by atoms with Gasteiger partial charge in [-0.25, -0.2) is 0 Å². The van der Waals surface area contributed by atoms with Crippen molar-refractivity contribution in [3.8, 4) is 0 Å². The first kappa shape index (κ1) is 12.0. The Balaban J connectivity index is 0.000000531. The molecule has 0 saturated heterocycles.